The van der Waals surface area contributed by atoms with Gasteiger partial charge in [-0.15, -0.1) is 11.3 Å². The van der Waals surface area contributed by atoms with Gasteiger partial charge in [0.05, 0.1) is 22.8 Å². The molecule has 0 N–H and O–H groups in total. The van der Waals surface area contributed by atoms with E-state index in [0.717, 1.165) is 11.3 Å². The first-order valence-electron chi connectivity index (χ1n) is 9.92. The Kier molecular flexibility index (Phi) is 4.25. The third-order valence-corrected chi connectivity index (χ3v) is 7.29. The zero-order valence-electron chi connectivity index (χ0n) is 16.8. The highest BCUT2D eigenvalue weighted by Gasteiger charge is 2.65. The van der Waals surface area contributed by atoms with Gasteiger partial charge >= 0.3 is 0 Å². The molecule has 3 aliphatic rings. The standard InChI is InChI=1S/C23H21ClN2O3S/c1-23(2,3)26-21(28)17-15-8-6-12-11-13(24)7-9-14(12)25(15)19(18(17)22(26)29)20(27)16-5-4-10-30-16/h4-11,15,17-19H,1-3H3/t15-,17-,18+,19-/m1/s1. The van der Waals surface area contributed by atoms with Crippen molar-refractivity contribution in [1.29, 1.82) is 0 Å². The molecule has 2 saturated heterocycles. The second-order valence-electron chi connectivity index (χ2n) is 8.98. The number of fused-ring (bicyclic) bond motifs is 5. The van der Waals surface area contributed by atoms with Gasteiger partial charge in [-0.1, -0.05) is 29.8 Å². The van der Waals surface area contributed by atoms with Crippen LogP contribution in [0.2, 0.25) is 5.02 Å². The predicted molar refractivity (Wildman–Crippen MR) is 118 cm³/mol. The van der Waals surface area contributed by atoms with E-state index in [1.807, 2.05) is 61.4 Å². The number of hydrogen-bond donors (Lipinski definition) is 0. The molecule has 5 nitrogen and oxygen atoms in total. The lowest BCUT2D eigenvalue weighted by Gasteiger charge is -2.38. The molecule has 7 heteroatoms. The Hall–Kier alpha value is -2.44. The van der Waals surface area contributed by atoms with E-state index in [2.05, 4.69) is 0 Å². The summed E-state index contributed by atoms with van der Waals surface area (Å²) in [6.07, 6.45) is 3.88. The fourth-order valence-electron chi connectivity index (χ4n) is 5.07. The number of anilines is 1. The Morgan fingerprint density at radius 2 is 1.83 bits per heavy atom. The van der Waals surface area contributed by atoms with Crippen LogP contribution in [0.25, 0.3) is 6.08 Å². The Balaban J connectivity index is 1.68. The number of carbonyl (C=O) groups excluding carboxylic acids is 3. The Labute approximate surface area is 183 Å². The first kappa shape index (κ1) is 19.5. The van der Waals surface area contributed by atoms with Crippen molar-refractivity contribution in [3.63, 3.8) is 0 Å². The fourth-order valence-corrected chi connectivity index (χ4v) is 5.95. The van der Waals surface area contributed by atoms with Crippen molar-refractivity contribution < 1.29 is 14.4 Å². The second-order valence-corrected chi connectivity index (χ2v) is 10.4. The van der Waals surface area contributed by atoms with E-state index in [1.165, 1.54) is 16.2 Å². The van der Waals surface area contributed by atoms with Gasteiger partial charge in [0.15, 0.2) is 5.78 Å². The van der Waals surface area contributed by atoms with Crippen LogP contribution in [0.5, 0.6) is 0 Å². The van der Waals surface area contributed by atoms with Crippen molar-refractivity contribution >= 4 is 52.3 Å². The smallest absolute Gasteiger partial charge is 0.236 e. The zero-order valence-corrected chi connectivity index (χ0v) is 18.4. The van der Waals surface area contributed by atoms with Crippen molar-refractivity contribution in [2.45, 2.75) is 38.4 Å². The molecule has 4 atom stereocenters. The highest BCUT2D eigenvalue weighted by molar-refractivity contribution is 7.12. The van der Waals surface area contributed by atoms with Gasteiger partial charge in [-0.2, -0.15) is 0 Å². The number of carbonyl (C=O) groups is 3. The summed E-state index contributed by atoms with van der Waals surface area (Å²) in [6, 6.07) is 8.03. The lowest BCUT2D eigenvalue weighted by Crippen LogP contribution is -2.52. The summed E-state index contributed by atoms with van der Waals surface area (Å²) in [5.41, 5.74) is 1.08. The molecule has 30 heavy (non-hydrogen) atoms. The van der Waals surface area contributed by atoms with Crippen LogP contribution in [-0.4, -0.2) is 40.1 Å². The minimum absolute atomic E-state index is 0.115. The van der Waals surface area contributed by atoms with Crippen molar-refractivity contribution in [3.05, 3.63) is 57.3 Å². The number of halogens is 1. The highest BCUT2D eigenvalue weighted by Crippen LogP contribution is 2.50. The van der Waals surface area contributed by atoms with Crippen LogP contribution in [-0.2, 0) is 9.59 Å². The Morgan fingerprint density at radius 1 is 1.10 bits per heavy atom. The van der Waals surface area contributed by atoms with Gasteiger partial charge in [-0.05, 0) is 56.0 Å². The van der Waals surface area contributed by atoms with Gasteiger partial charge in [-0.25, -0.2) is 0 Å². The predicted octanol–water partition coefficient (Wildman–Crippen LogP) is 4.27. The van der Waals surface area contributed by atoms with Crippen molar-refractivity contribution in [2.24, 2.45) is 11.8 Å². The number of rotatable bonds is 2. The molecular formula is C23H21ClN2O3S. The second kappa shape index (κ2) is 6.53. The molecule has 154 valence electrons. The minimum atomic E-state index is -0.729. The van der Waals surface area contributed by atoms with Crippen molar-refractivity contribution in [3.8, 4) is 0 Å². The minimum Gasteiger partial charge on any atom is -0.352 e. The van der Waals surface area contributed by atoms with Crippen LogP contribution >= 0.6 is 22.9 Å². The maximum absolute atomic E-state index is 13.6. The number of hydrogen-bond acceptors (Lipinski definition) is 5. The highest BCUT2D eigenvalue weighted by atomic mass is 35.5. The number of Topliss-reactive ketones (excluding diaryl/α,β-unsaturated/α-hetero) is 1. The molecule has 0 unspecified atom stereocenters. The number of likely N-dealkylation sites (tertiary alicyclic amines) is 1. The summed E-state index contributed by atoms with van der Waals surface area (Å²) in [7, 11) is 0. The van der Waals surface area contributed by atoms with E-state index in [4.69, 9.17) is 11.6 Å². The molecule has 4 heterocycles. The quantitative estimate of drug-likeness (QED) is 0.517. The van der Waals surface area contributed by atoms with Gasteiger partial charge < -0.3 is 4.90 Å². The topological polar surface area (TPSA) is 57.7 Å². The van der Waals surface area contributed by atoms with Crippen LogP contribution in [0.4, 0.5) is 5.69 Å². The largest absolute Gasteiger partial charge is 0.352 e. The molecule has 0 saturated carbocycles. The first-order valence-corrected chi connectivity index (χ1v) is 11.2. The van der Waals surface area contributed by atoms with E-state index in [1.54, 1.807) is 12.1 Å². The van der Waals surface area contributed by atoms with Gasteiger partial charge in [-0.3, -0.25) is 19.3 Å². The van der Waals surface area contributed by atoms with Crippen LogP contribution in [0.1, 0.15) is 36.0 Å². The number of imide groups is 1. The Morgan fingerprint density at radius 3 is 2.50 bits per heavy atom. The van der Waals surface area contributed by atoms with Crippen molar-refractivity contribution in [1.82, 2.24) is 4.90 Å². The zero-order chi connectivity index (χ0) is 21.4. The van der Waals surface area contributed by atoms with Gasteiger partial charge in [0.1, 0.15) is 6.04 Å². The van der Waals surface area contributed by atoms with Crippen molar-refractivity contribution in [2.75, 3.05) is 4.90 Å². The number of thiophene rings is 1. The normalized spacial score (nSPS) is 27.3. The maximum atomic E-state index is 13.6. The summed E-state index contributed by atoms with van der Waals surface area (Å²) in [5.74, 6) is -1.86. The molecule has 1 aromatic carbocycles. The lowest BCUT2D eigenvalue weighted by atomic mass is 9.87. The Bertz CT molecular complexity index is 1100. The SMILES string of the molecule is CC(C)(C)N1C(=O)[C@H]2[C@H](C1=O)[C@H](C(=O)c1cccs1)N1c3ccc(Cl)cc3C=C[C@H]21. The van der Waals surface area contributed by atoms with Gasteiger partial charge in [0, 0.05) is 16.2 Å². The molecule has 5 rings (SSSR count). The number of ketones is 1. The molecule has 0 spiro atoms. The molecule has 0 bridgehead atoms. The van der Waals surface area contributed by atoms with E-state index >= 15 is 0 Å². The summed E-state index contributed by atoms with van der Waals surface area (Å²) in [6.45, 7) is 5.56. The van der Waals surface area contributed by atoms with Gasteiger partial charge in [0.2, 0.25) is 11.8 Å². The van der Waals surface area contributed by atoms with Gasteiger partial charge in [0.25, 0.3) is 0 Å². The first-order chi connectivity index (χ1) is 14.2. The average Bonchev–Trinajstić information content (AvgIpc) is 3.37. The maximum Gasteiger partial charge on any atom is 0.236 e. The van der Waals surface area contributed by atoms with Crippen LogP contribution < -0.4 is 4.90 Å². The molecule has 1 aromatic heterocycles. The van der Waals surface area contributed by atoms with E-state index in [-0.39, 0.29) is 23.6 Å². The fraction of sp³-hybridized carbons (Fsp3) is 0.348. The summed E-state index contributed by atoms with van der Waals surface area (Å²) >= 11 is 7.54. The average molecular weight is 441 g/mol. The third-order valence-electron chi connectivity index (χ3n) is 6.17. The van der Waals surface area contributed by atoms with E-state index < -0.39 is 23.4 Å². The molecular weight excluding hydrogens is 420 g/mol. The van der Waals surface area contributed by atoms with E-state index in [9.17, 15) is 14.4 Å². The summed E-state index contributed by atoms with van der Waals surface area (Å²) < 4.78 is 0. The van der Waals surface area contributed by atoms with Crippen LogP contribution in [0.15, 0.2) is 41.8 Å². The number of benzene rings is 1. The summed E-state index contributed by atoms with van der Waals surface area (Å²) in [4.78, 5) is 44.5. The molecule has 2 fully saturated rings. The lowest BCUT2D eigenvalue weighted by molar-refractivity contribution is -0.145. The molecule has 2 amide bonds. The molecule has 0 radical (unpaired) electrons. The third kappa shape index (κ3) is 2.63. The number of nitrogens with zero attached hydrogens (tertiary/aromatic N) is 2. The molecule has 2 aromatic rings. The van der Waals surface area contributed by atoms with E-state index in [0.29, 0.717) is 9.90 Å². The van der Waals surface area contributed by atoms with Crippen LogP contribution in [0, 0.1) is 11.8 Å². The molecule has 0 aliphatic carbocycles. The molecule has 3 aliphatic heterocycles. The number of amides is 2. The summed E-state index contributed by atoms with van der Waals surface area (Å²) in [5, 5.41) is 2.45. The monoisotopic (exact) mass is 440 g/mol. The van der Waals surface area contributed by atoms with Crippen LogP contribution in [0.3, 0.4) is 0 Å².